The number of hydrogen-bond donors (Lipinski definition) is 1. The van der Waals surface area contributed by atoms with Gasteiger partial charge in [0.2, 0.25) is 0 Å². The molecule has 1 aliphatic rings. The van der Waals surface area contributed by atoms with E-state index in [2.05, 4.69) is 24.9 Å². The smallest absolute Gasteiger partial charge is 0.191 e. The lowest BCUT2D eigenvalue weighted by molar-refractivity contribution is 0.0674. The van der Waals surface area contributed by atoms with Crippen LogP contribution in [0.1, 0.15) is 11.1 Å². The van der Waals surface area contributed by atoms with Gasteiger partial charge < -0.3 is 20.1 Å². The Morgan fingerprint density at radius 2 is 1.86 bits per heavy atom. The number of rotatable bonds is 4. The molecule has 0 atom stereocenters. The molecule has 21 heavy (non-hydrogen) atoms. The molecule has 0 bridgehead atoms. The van der Waals surface area contributed by atoms with Crippen molar-refractivity contribution in [2.45, 2.75) is 13.8 Å². The normalized spacial score (nSPS) is 15.5. The van der Waals surface area contributed by atoms with Crippen LogP contribution in [-0.4, -0.2) is 50.3 Å². The summed E-state index contributed by atoms with van der Waals surface area (Å²) in [6.07, 6.45) is 0. The molecule has 0 aromatic heterocycles. The highest BCUT2D eigenvalue weighted by Gasteiger charge is 2.11. The summed E-state index contributed by atoms with van der Waals surface area (Å²) in [4.78, 5) is 6.39. The number of benzene rings is 1. The number of aryl methyl sites for hydroxylation is 2. The third-order valence-electron chi connectivity index (χ3n) is 3.16. The molecule has 1 saturated heterocycles. The number of halogens is 1. The van der Waals surface area contributed by atoms with Crippen LogP contribution >= 0.6 is 24.0 Å². The zero-order valence-corrected chi connectivity index (χ0v) is 15.0. The number of nitrogens with two attached hydrogens (primary N) is 1. The SMILES string of the molecule is Cc1cc(C)cc(OCCN=C(N)N2CCOCC2)c1.I. The lowest BCUT2D eigenvalue weighted by Crippen LogP contribution is -2.45. The van der Waals surface area contributed by atoms with Crippen LogP contribution in [0.4, 0.5) is 0 Å². The number of nitrogens with zero attached hydrogens (tertiary/aromatic N) is 2. The Labute approximate surface area is 143 Å². The molecular weight excluding hydrogens is 381 g/mol. The molecule has 1 fully saturated rings. The Balaban J connectivity index is 0.00000220. The molecule has 5 nitrogen and oxygen atoms in total. The van der Waals surface area contributed by atoms with Gasteiger partial charge in [-0.15, -0.1) is 24.0 Å². The summed E-state index contributed by atoms with van der Waals surface area (Å²) in [6.45, 7) is 8.29. The fourth-order valence-corrected chi connectivity index (χ4v) is 2.23. The van der Waals surface area contributed by atoms with Crippen LogP contribution < -0.4 is 10.5 Å². The minimum atomic E-state index is 0. The molecule has 0 spiro atoms. The third kappa shape index (κ3) is 6.09. The Bertz CT molecular complexity index is 454. The van der Waals surface area contributed by atoms with Crippen LogP contribution in [-0.2, 0) is 4.74 Å². The Morgan fingerprint density at radius 3 is 2.48 bits per heavy atom. The average molecular weight is 405 g/mol. The van der Waals surface area contributed by atoms with E-state index in [0.717, 1.165) is 32.1 Å². The van der Waals surface area contributed by atoms with Gasteiger partial charge in [0.15, 0.2) is 5.96 Å². The molecule has 1 aromatic carbocycles. The maximum absolute atomic E-state index is 5.94. The molecule has 0 radical (unpaired) electrons. The van der Waals surface area contributed by atoms with Gasteiger partial charge in [0.25, 0.3) is 0 Å². The van der Waals surface area contributed by atoms with Crippen LogP contribution in [0.25, 0.3) is 0 Å². The maximum atomic E-state index is 5.94. The second-order valence-corrected chi connectivity index (χ2v) is 5.01. The predicted octanol–water partition coefficient (Wildman–Crippen LogP) is 1.95. The van der Waals surface area contributed by atoms with E-state index in [1.807, 2.05) is 17.0 Å². The Morgan fingerprint density at radius 1 is 1.24 bits per heavy atom. The van der Waals surface area contributed by atoms with Gasteiger partial charge in [-0.1, -0.05) is 6.07 Å². The van der Waals surface area contributed by atoms with Gasteiger partial charge in [0.1, 0.15) is 12.4 Å². The van der Waals surface area contributed by atoms with E-state index in [0.29, 0.717) is 19.1 Å². The molecule has 1 heterocycles. The van der Waals surface area contributed by atoms with Crippen molar-refractivity contribution in [3.05, 3.63) is 29.3 Å². The fraction of sp³-hybridized carbons (Fsp3) is 0.533. The van der Waals surface area contributed by atoms with Gasteiger partial charge in [0, 0.05) is 13.1 Å². The summed E-state index contributed by atoms with van der Waals surface area (Å²) in [6, 6.07) is 6.19. The van der Waals surface area contributed by atoms with Crippen molar-refractivity contribution in [1.82, 2.24) is 4.90 Å². The highest BCUT2D eigenvalue weighted by Crippen LogP contribution is 2.15. The standard InChI is InChI=1S/C15H23N3O2.HI/c1-12-9-13(2)11-14(10-12)20-6-3-17-15(16)18-4-7-19-8-5-18;/h9-11H,3-8H2,1-2H3,(H2,16,17);1H. The van der Waals surface area contributed by atoms with E-state index >= 15 is 0 Å². The van der Waals surface area contributed by atoms with Crippen molar-refractivity contribution in [3.8, 4) is 5.75 Å². The van der Waals surface area contributed by atoms with Gasteiger partial charge >= 0.3 is 0 Å². The van der Waals surface area contributed by atoms with Crippen molar-refractivity contribution in [1.29, 1.82) is 0 Å². The van der Waals surface area contributed by atoms with Gasteiger partial charge in [-0.3, -0.25) is 0 Å². The van der Waals surface area contributed by atoms with Crippen molar-refractivity contribution < 1.29 is 9.47 Å². The lowest BCUT2D eigenvalue weighted by atomic mass is 10.1. The van der Waals surface area contributed by atoms with E-state index in [1.54, 1.807) is 0 Å². The molecule has 6 heteroatoms. The monoisotopic (exact) mass is 405 g/mol. The van der Waals surface area contributed by atoms with E-state index in [4.69, 9.17) is 15.2 Å². The van der Waals surface area contributed by atoms with Crippen molar-refractivity contribution in [2.24, 2.45) is 10.7 Å². The number of guanidine groups is 1. The van der Waals surface area contributed by atoms with E-state index in [-0.39, 0.29) is 24.0 Å². The molecule has 118 valence electrons. The van der Waals surface area contributed by atoms with Gasteiger partial charge in [-0.05, 0) is 37.1 Å². The summed E-state index contributed by atoms with van der Waals surface area (Å²) in [5.74, 6) is 1.47. The van der Waals surface area contributed by atoms with Crippen molar-refractivity contribution in [3.63, 3.8) is 0 Å². The van der Waals surface area contributed by atoms with Crippen LogP contribution in [0, 0.1) is 13.8 Å². The molecule has 0 aliphatic carbocycles. The largest absolute Gasteiger partial charge is 0.492 e. The summed E-state index contributed by atoms with van der Waals surface area (Å²) in [5, 5.41) is 0. The summed E-state index contributed by atoms with van der Waals surface area (Å²) in [5.41, 5.74) is 8.35. The molecule has 1 aromatic rings. The number of morpholine rings is 1. The predicted molar refractivity (Wildman–Crippen MR) is 95.7 cm³/mol. The average Bonchev–Trinajstić information content (AvgIpc) is 2.43. The number of ether oxygens (including phenoxy) is 2. The molecule has 2 rings (SSSR count). The van der Waals surface area contributed by atoms with Crippen LogP contribution in [0.2, 0.25) is 0 Å². The molecular formula is C15H24IN3O2. The Hall–Kier alpha value is -1.02. The minimum absolute atomic E-state index is 0. The quantitative estimate of drug-likeness (QED) is 0.360. The first-order valence-electron chi connectivity index (χ1n) is 6.99. The third-order valence-corrected chi connectivity index (χ3v) is 3.16. The molecule has 0 saturated carbocycles. The second kappa shape index (κ2) is 9.09. The molecule has 0 unspecified atom stereocenters. The van der Waals surface area contributed by atoms with Crippen molar-refractivity contribution in [2.75, 3.05) is 39.5 Å². The van der Waals surface area contributed by atoms with Crippen LogP contribution in [0.15, 0.2) is 23.2 Å². The second-order valence-electron chi connectivity index (χ2n) is 5.01. The fourth-order valence-electron chi connectivity index (χ4n) is 2.23. The first-order valence-corrected chi connectivity index (χ1v) is 6.99. The highest BCUT2D eigenvalue weighted by molar-refractivity contribution is 14.0. The number of aliphatic imine (C=N–C) groups is 1. The first kappa shape index (κ1) is 18.0. The summed E-state index contributed by atoms with van der Waals surface area (Å²) in [7, 11) is 0. The van der Waals surface area contributed by atoms with Crippen LogP contribution in [0.5, 0.6) is 5.75 Å². The first-order chi connectivity index (χ1) is 9.65. The molecule has 2 N–H and O–H groups in total. The lowest BCUT2D eigenvalue weighted by Gasteiger charge is -2.27. The van der Waals surface area contributed by atoms with Gasteiger partial charge in [0.05, 0.1) is 19.8 Å². The van der Waals surface area contributed by atoms with E-state index in [1.165, 1.54) is 11.1 Å². The maximum Gasteiger partial charge on any atom is 0.191 e. The van der Waals surface area contributed by atoms with Gasteiger partial charge in [-0.2, -0.15) is 0 Å². The molecule has 1 aliphatic heterocycles. The topological polar surface area (TPSA) is 60.1 Å². The van der Waals surface area contributed by atoms with Crippen molar-refractivity contribution >= 4 is 29.9 Å². The van der Waals surface area contributed by atoms with E-state index in [9.17, 15) is 0 Å². The highest BCUT2D eigenvalue weighted by atomic mass is 127. The van der Waals surface area contributed by atoms with Crippen LogP contribution in [0.3, 0.4) is 0 Å². The zero-order valence-electron chi connectivity index (χ0n) is 12.7. The van der Waals surface area contributed by atoms with E-state index < -0.39 is 0 Å². The summed E-state index contributed by atoms with van der Waals surface area (Å²) >= 11 is 0. The zero-order chi connectivity index (χ0) is 14.4. The minimum Gasteiger partial charge on any atom is -0.492 e. The Kier molecular flexibility index (Phi) is 7.81. The summed E-state index contributed by atoms with van der Waals surface area (Å²) < 4.78 is 11.0. The molecule has 0 amide bonds. The number of hydrogen-bond acceptors (Lipinski definition) is 3. The van der Waals surface area contributed by atoms with Gasteiger partial charge in [-0.25, -0.2) is 4.99 Å².